The maximum absolute atomic E-state index is 5.00. The fourth-order valence-electron chi connectivity index (χ4n) is 3.14. The zero-order chi connectivity index (χ0) is 17.6. The van der Waals surface area contributed by atoms with Crippen LogP contribution in [0.15, 0.2) is 12.2 Å². The van der Waals surface area contributed by atoms with Gasteiger partial charge in [-0.3, -0.25) is 0 Å². The Morgan fingerprint density at radius 1 is 0.542 bits per heavy atom. The summed E-state index contributed by atoms with van der Waals surface area (Å²) >= 11 is 0. The molecule has 2 nitrogen and oxygen atoms in total. The molecule has 0 aliphatic rings. The van der Waals surface area contributed by atoms with E-state index < -0.39 is 0 Å². The summed E-state index contributed by atoms with van der Waals surface area (Å²) in [7, 11) is 0. The van der Waals surface area contributed by atoms with Crippen molar-refractivity contribution in [3.8, 4) is 0 Å². The molecule has 0 fully saturated rings. The molecule has 0 saturated heterocycles. The number of allylic oxidation sites excluding steroid dienone is 2. The summed E-state index contributed by atoms with van der Waals surface area (Å²) in [5, 5.41) is 0. The van der Waals surface area contributed by atoms with E-state index in [0.717, 1.165) is 6.42 Å². The fraction of sp³-hybridized carbons (Fsp3) is 0.909. The Morgan fingerprint density at radius 2 is 0.917 bits per heavy atom. The number of rotatable bonds is 20. The van der Waals surface area contributed by atoms with Gasteiger partial charge in [-0.1, -0.05) is 103 Å². The first-order chi connectivity index (χ1) is 11.9. The third kappa shape index (κ3) is 21.7. The van der Waals surface area contributed by atoms with Gasteiger partial charge in [-0.25, -0.2) is 5.90 Å². The van der Waals surface area contributed by atoms with Crippen LogP contribution in [0.3, 0.4) is 0 Å². The highest BCUT2D eigenvalue weighted by Gasteiger charge is 1.92. The lowest BCUT2D eigenvalue weighted by Gasteiger charge is -2.01. The molecule has 2 N–H and O–H groups in total. The first-order valence-corrected chi connectivity index (χ1v) is 10.9. The average molecular weight is 340 g/mol. The van der Waals surface area contributed by atoms with Crippen molar-refractivity contribution in [1.29, 1.82) is 0 Å². The van der Waals surface area contributed by atoms with Gasteiger partial charge in [0.2, 0.25) is 0 Å². The highest BCUT2D eigenvalue weighted by Crippen LogP contribution is 2.12. The van der Waals surface area contributed by atoms with Crippen molar-refractivity contribution in [3.63, 3.8) is 0 Å². The first kappa shape index (κ1) is 23.7. The molecule has 2 heteroatoms. The van der Waals surface area contributed by atoms with E-state index in [-0.39, 0.29) is 0 Å². The summed E-state index contributed by atoms with van der Waals surface area (Å²) in [5.41, 5.74) is 0. The third-order valence-corrected chi connectivity index (χ3v) is 4.77. The lowest BCUT2D eigenvalue weighted by Crippen LogP contribution is -2.00. The molecule has 0 aromatic carbocycles. The SMILES string of the molecule is CCCCCCCCCCCCC=CCCCCCCCCON. The summed E-state index contributed by atoms with van der Waals surface area (Å²) in [5.74, 6) is 5.00. The van der Waals surface area contributed by atoms with E-state index in [4.69, 9.17) is 5.90 Å². The molecule has 0 amide bonds. The third-order valence-electron chi connectivity index (χ3n) is 4.77. The highest BCUT2D eigenvalue weighted by atomic mass is 16.6. The second-order valence-corrected chi connectivity index (χ2v) is 7.22. The summed E-state index contributed by atoms with van der Waals surface area (Å²) in [4.78, 5) is 4.57. The van der Waals surface area contributed by atoms with Crippen LogP contribution in [0.2, 0.25) is 0 Å². The van der Waals surface area contributed by atoms with Crippen LogP contribution in [0.25, 0.3) is 0 Å². The van der Waals surface area contributed by atoms with Gasteiger partial charge in [0.25, 0.3) is 0 Å². The molecule has 0 spiro atoms. The molecular formula is C22H45NO. The van der Waals surface area contributed by atoms with Crippen LogP contribution in [0, 0.1) is 0 Å². The Kier molecular flexibility index (Phi) is 22.3. The fourth-order valence-corrected chi connectivity index (χ4v) is 3.14. The van der Waals surface area contributed by atoms with Crippen LogP contribution in [0.1, 0.15) is 122 Å². The van der Waals surface area contributed by atoms with E-state index >= 15 is 0 Å². The Hall–Kier alpha value is -0.340. The van der Waals surface area contributed by atoms with Gasteiger partial charge in [-0.2, -0.15) is 0 Å². The Morgan fingerprint density at radius 3 is 1.33 bits per heavy atom. The van der Waals surface area contributed by atoms with E-state index in [9.17, 15) is 0 Å². The molecule has 0 bridgehead atoms. The molecule has 144 valence electrons. The van der Waals surface area contributed by atoms with Crippen molar-refractivity contribution >= 4 is 0 Å². The van der Waals surface area contributed by atoms with Gasteiger partial charge in [-0.05, 0) is 32.1 Å². The van der Waals surface area contributed by atoms with Crippen LogP contribution in [-0.4, -0.2) is 6.61 Å². The average Bonchev–Trinajstić information content (AvgIpc) is 2.60. The van der Waals surface area contributed by atoms with Gasteiger partial charge in [0.1, 0.15) is 0 Å². The van der Waals surface area contributed by atoms with Gasteiger partial charge in [-0.15, -0.1) is 0 Å². The highest BCUT2D eigenvalue weighted by molar-refractivity contribution is 4.81. The Balaban J connectivity index is 3.03. The van der Waals surface area contributed by atoms with Gasteiger partial charge in [0, 0.05) is 0 Å². The number of hydrogen-bond acceptors (Lipinski definition) is 2. The van der Waals surface area contributed by atoms with Gasteiger partial charge in [0.15, 0.2) is 0 Å². The summed E-state index contributed by atoms with van der Waals surface area (Å²) in [6, 6.07) is 0. The van der Waals surface area contributed by atoms with E-state index in [0.29, 0.717) is 6.61 Å². The standard InChI is InChI=1S/C22H45NO/c1-2-3-4-5-6-7-8-9-10-11-12-13-14-15-16-17-18-19-20-21-22-24-23/h13-14H,2-12,15-23H2,1H3. The second-order valence-electron chi connectivity index (χ2n) is 7.22. The molecule has 0 aromatic rings. The summed E-state index contributed by atoms with van der Waals surface area (Å²) in [6.45, 7) is 3.00. The van der Waals surface area contributed by atoms with Crippen LogP contribution in [0.4, 0.5) is 0 Å². The van der Waals surface area contributed by atoms with Gasteiger partial charge < -0.3 is 4.84 Å². The largest absolute Gasteiger partial charge is 0.305 e. The first-order valence-electron chi connectivity index (χ1n) is 10.9. The smallest absolute Gasteiger partial charge is 0.0679 e. The lowest BCUT2D eigenvalue weighted by molar-refractivity contribution is 0.133. The molecule has 0 atom stereocenters. The predicted molar refractivity (Wildman–Crippen MR) is 108 cm³/mol. The quantitative estimate of drug-likeness (QED) is 0.142. The van der Waals surface area contributed by atoms with E-state index in [2.05, 4.69) is 23.9 Å². The maximum Gasteiger partial charge on any atom is 0.0679 e. The number of nitrogens with two attached hydrogens (primary N) is 1. The normalized spacial score (nSPS) is 11.6. The van der Waals surface area contributed by atoms with Crippen molar-refractivity contribution in [2.45, 2.75) is 122 Å². The minimum atomic E-state index is 0.710. The van der Waals surface area contributed by atoms with Crippen LogP contribution in [-0.2, 0) is 4.84 Å². The molecule has 0 aromatic heterocycles. The predicted octanol–water partition coefficient (Wildman–Crippen LogP) is 7.47. The van der Waals surface area contributed by atoms with E-state index in [1.165, 1.54) is 109 Å². The van der Waals surface area contributed by atoms with Gasteiger partial charge in [0.05, 0.1) is 6.61 Å². The van der Waals surface area contributed by atoms with Crippen LogP contribution < -0.4 is 5.90 Å². The van der Waals surface area contributed by atoms with Crippen LogP contribution >= 0.6 is 0 Å². The summed E-state index contributed by atoms with van der Waals surface area (Å²) in [6.07, 6.45) is 29.4. The molecule has 24 heavy (non-hydrogen) atoms. The molecule has 0 unspecified atom stereocenters. The Bertz CT molecular complexity index is 240. The summed E-state index contributed by atoms with van der Waals surface area (Å²) < 4.78 is 0. The number of hydrogen-bond donors (Lipinski definition) is 1. The molecule has 0 radical (unpaired) electrons. The van der Waals surface area contributed by atoms with E-state index in [1.807, 2.05) is 0 Å². The molecule has 0 saturated carbocycles. The zero-order valence-corrected chi connectivity index (χ0v) is 16.6. The van der Waals surface area contributed by atoms with E-state index in [1.54, 1.807) is 0 Å². The molecule has 0 heterocycles. The van der Waals surface area contributed by atoms with Gasteiger partial charge >= 0.3 is 0 Å². The maximum atomic E-state index is 5.00. The molecule has 0 aliphatic carbocycles. The monoisotopic (exact) mass is 339 g/mol. The zero-order valence-electron chi connectivity index (χ0n) is 16.6. The van der Waals surface area contributed by atoms with Crippen molar-refractivity contribution in [2.24, 2.45) is 5.90 Å². The van der Waals surface area contributed by atoms with Crippen LogP contribution in [0.5, 0.6) is 0 Å². The topological polar surface area (TPSA) is 35.2 Å². The minimum absolute atomic E-state index is 0.710. The second kappa shape index (κ2) is 22.7. The lowest BCUT2D eigenvalue weighted by atomic mass is 10.1. The molecule has 0 aliphatic heterocycles. The van der Waals surface area contributed by atoms with Crippen molar-refractivity contribution < 1.29 is 4.84 Å². The minimum Gasteiger partial charge on any atom is -0.305 e. The van der Waals surface area contributed by atoms with Crippen molar-refractivity contribution in [2.75, 3.05) is 6.61 Å². The Labute approximate surface area is 152 Å². The van der Waals surface area contributed by atoms with Crippen molar-refractivity contribution in [1.82, 2.24) is 0 Å². The molecular weight excluding hydrogens is 294 g/mol. The van der Waals surface area contributed by atoms with Crippen molar-refractivity contribution in [3.05, 3.63) is 12.2 Å². The number of unbranched alkanes of at least 4 members (excludes halogenated alkanes) is 16. The molecule has 0 rings (SSSR count).